The fourth-order valence-electron chi connectivity index (χ4n) is 2.45. The molecule has 3 aromatic rings. The van der Waals surface area contributed by atoms with Crippen LogP contribution in [-0.4, -0.2) is 16.9 Å². The molecule has 0 unspecified atom stereocenters. The van der Waals surface area contributed by atoms with E-state index >= 15 is 0 Å². The Bertz CT molecular complexity index is 885. The SMILES string of the molecule is O=C(Cc1ncccc1C(=O)[O-])Nc1cccc2ccccc12. The predicted molar refractivity (Wildman–Crippen MR) is 84.8 cm³/mol. The van der Waals surface area contributed by atoms with Crippen LogP contribution in [-0.2, 0) is 11.2 Å². The minimum atomic E-state index is -1.34. The molecule has 0 aliphatic rings. The number of nitrogens with one attached hydrogen (secondary N) is 1. The van der Waals surface area contributed by atoms with Crippen LogP contribution in [0.25, 0.3) is 10.8 Å². The summed E-state index contributed by atoms with van der Waals surface area (Å²) in [5.41, 5.74) is 0.796. The monoisotopic (exact) mass is 305 g/mol. The molecule has 1 aromatic heterocycles. The van der Waals surface area contributed by atoms with Gasteiger partial charge in [0.05, 0.1) is 18.1 Å². The number of carboxylic acid groups (broad SMARTS) is 1. The number of aromatic nitrogens is 1. The molecule has 114 valence electrons. The number of hydrogen-bond donors (Lipinski definition) is 1. The van der Waals surface area contributed by atoms with Crippen molar-refractivity contribution in [3.05, 3.63) is 72.1 Å². The zero-order valence-electron chi connectivity index (χ0n) is 12.2. The molecular weight excluding hydrogens is 292 g/mol. The molecular formula is C18H13N2O3-. The van der Waals surface area contributed by atoms with Crippen molar-refractivity contribution in [2.24, 2.45) is 0 Å². The van der Waals surface area contributed by atoms with Gasteiger partial charge in [-0.25, -0.2) is 0 Å². The Labute approximate surface area is 132 Å². The molecule has 2 aromatic carbocycles. The number of carbonyl (C=O) groups excluding carboxylic acids is 2. The summed E-state index contributed by atoms with van der Waals surface area (Å²) in [6.45, 7) is 0. The molecule has 5 nitrogen and oxygen atoms in total. The summed E-state index contributed by atoms with van der Waals surface area (Å²) >= 11 is 0. The number of nitrogens with zero attached hydrogens (tertiary/aromatic N) is 1. The average Bonchev–Trinajstić information content (AvgIpc) is 2.55. The first kappa shape index (κ1) is 14.7. The van der Waals surface area contributed by atoms with E-state index in [1.807, 2.05) is 36.4 Å². The quantitative estimate of drug-likeness (QED) is 0.796. The predicted octanol–water partition coefficient (Wildman–Crippen LogP) is 1.78. The van der Waals surface area contributed by atoms with Gasteiger partial charge >= 0.3 is 0 Å². The molecule has 1 N–H and O–H groups in total. The van der Waals surface area contributed by atoms with Crippen LogP contribution < -0.4 is 10.4 Å². The topological polar surface area (TPSA) is 82.1 Å². The minimum Gasteiger partial charge on any atom is -0.545 e. The summed E-state index contributed by atoms with van der Waals surface area (Å²) in [5, 5.41) is 15.8. The van der Waals surface area contributed by atoms with Crippen molar-refractivity contribution < 1.29 is 14.7 Å². The van der Waals surface area contributed by atoms with Crippen molar-refractivity contribution in [1.82, 2.24) is 4.98 Å². The number of carboxylic acids is 1. The number of pyridine rings is 1. The van der Waals surface area contributed by atoms with Crippen molar-refractivity contribution in [3.8, 4) is 0 Å². The number of hydrogen-bond acceptors (Lipinski definition) is 4. The van der Waals surface area contributed by atoms with E-state index in [4.69, 9.17) is 0 Å². The van der Waals surface area contributed by atoms with Gasteiger partial charge in [0.1, 0.15) is 0 Å². The van der Waals surface area contributed by atoms with Gasteiger partial charge in [0.15, 0.2) is 0 Å². The van der Waals surface area contributed by atoms with Crippen molar-refractivity contribution in [2.75, 3.05) is 5.32 Å². The van der Waals surface area contributed by atoms with Gasteiger partial charge < -0.3 is 15.2 Å². The third kappa shape index (κ3) is 3.18. The number of carbonyl (C=O) groups is 2. The maximum Gasteiger partial charge on any atom is 0.230 e. The van der Waals surface area contributed by atoms with Crippen molar-refractivity contribution in [3.63, 3.8) is 0 Å². The van der Waals surface area contributed by atoms with Gasteiger partial charge in [-0.2, -0.15) is 0 Å². The summed E-state index contributed by atoms with van der Waals surface area (Å²) in [7, 11) is 0. The van der Waals surface area contributed by atoms with Gasteiger partial charge in [0.25, 0.3) is 0 Å². The highest BCUT2D eigenvalue weighted by atomic mass is 16.4. The van der Waals surface area contributed by atoms with Gasteiger partial charge in [-0.3, -0.25) is 9.78 Å². The fraction of sp³-hybridized carbons (Fsp3) is 0.0556. The Morgan fingerprint density at radius 2 is 1.78 bits per heavy atom. The molecule has 0 atom stereocenters. The minimum absolute atomic E-state index is 0.0689. The Balaban J connectivity index is 1.84. The standard InChI is InChI=1S/C18H14N2O3/c21-17(11-16-14(18(22)23)8-4-10-19-16)20-15-9-3-6-12-5-1-2-7-13(12)15/h1-10H,11H2,(H,20,21)(H,22,23)/p-1. The summed E-state index contributed by atoms with van der Waals surface area (Å²) < 4.78 is 0. The molecule has 3 rings (SSSR count). The molecule has 0 aliphatic heterocycles. The normalized spacial score (nSPS) is 10.4. The second-order valence-electron chi connectivity index (χ2n) is 5.04. The first-order valence-corrected chi connectivity index (χ1v) is 7.08. The third-order valence-electron chi connectivity index (χ3n) is 3.50. The van der Waals surface area contributed by atoms with E-state index in [2.05, 4.69) is 10.3 Å². The second kappa shape index (κ2) is 6.27. The van der Waals surface area contributed by atoms with E-state index in [-0.39, 0.29) is 23.6 Å². The smallest absolute Gasteiger partial charge is 0.230 e. The number of benzene rings is 2. The summed E-state index contributed by atoms with van der Waals surface area (Å²) in [6, 6.07) is 16.2. The average molecular weight is 305 g/mol. The number of amides is 1. The van der Waals surface area contributed by atoms with Crippen molar-refractivity contribution >= 4 is 28.3 Å². The van der Waals surface area contributed by atoms with Crippen LogP contribution in [0.5, 0.6) is 0 Å². The second-order valence-corrected chi connectivity index (χ2v) is 5.04. The van der Waals surface area contributed by atoms with Crippen molar-refractivity contribution in [2.45, 2.75) is 6.42 Å². The van der Waals surface area contributed by atoms with Gasteiger partial charge in [0.2, 0.25) is 5.91 Å². The van der Waals surface area contributed by atoms with Crippen LogP contribution >= 0.6 is 0 Å². The maximum absolute atomic E-state index is 12.2. The van der Waals surface area contributed by atoms with E-state index in [9.17, 15) is 14.7 Å². The molecule has 5 heteroatoms. The largest absolute Gasteiger partial charge is 0.545 e. The summed E-state index contributed by atoms with van der Waals surface area (Å²) in [4.78, 5) is 27.3. The van der Waals surface area contributed by atoms with Gasteiger partial charge in [-0.1, -0.05) is 36.4 Å². The first-order chi connectivity index (χ1) is 11.1. The van der Waals surface area contributed by atoms with Crippen LogP contribution in [0.15, 0.2) is 60.8 Å². The Kier molecular flexibility index (Phi) is 4.01. The molecule has 1 amide bonds. The number of fused-ring (bicyclic) bond motifs is 1. The van der Waals surface area contributed by atoms with E-state index < -0.39 is 5.97 Å². The lowest BCUT2D eigenvalue weighted by Crippen LogP contribution is -2.26. The van der Waals surface area contributed by atoms with Gasteiger partial charge in [0, 0.05) is 22.8 Å². The number of anilines is 1. The lowest BCUT2D eigenvalue weighted by atomic mass is 10.1. The molecule has 0 saturated carbocycles. The van der Waals surface area contributed by atoms with Crippen LogP contribution in [0.4, 0.5) is 5.69 Å². The lowest BCUT2D eigenvalue weighted by Gasteiger charge is -2.11. The van der Waals surface area contributed by atoms with E-state index in [1.54, 1.807) is 6.07 Å². The molecule has 1 heterocycles. The Morgan fingerprint density at radius 3 is 2.61 bits per heavy atom. The summed E-state index contributed by atoms with van der Waals surface area (Å²) in [6.07, 6.45) is 1.32. The molecule has 0 saturated heterocycles. The molecule has 0 radical (unpaired) electrons. The van der Waals surface area contributed by atoms with E-state index in [1.165, 1.54) is 18.3 Å². The first-order valence-electron chi connectivity index (χ1n) is 7.08. The van der Waals surface area contributed by atoms with Gasteiger partial charge in [-0.15, -0.1) is 0 Å². The van der Waals surface area contributed by atoms with Crippen LogP contribution in [0.3, 0.4) is 0 Å². The zero-order chi connectivity index (χ0) is 16.2. The third-order valence-corrected chi connectivity index (χ3v) is 3.50. The molecule has 23 heavy (non-hydrogen) atoms. The molecule has 0 fully saturated rings. The highest BCUT2D eigenvalue weighted by Crippen LogP contribution is 2.23. The zero-order valence-corrected chi connectivity index (χ0v) is 12.2. The highest BCUT2D eigenvalue weighted by Gasteiger charge is 2.11. The molecule has 0 aliphatic carbocycles. The van der Waals surface area contributed by atoms with Crippen LogP contribution in [0, 0.1) is 0 Å². The van der Waals surface area contributed by atoms with E-state index in [0.29, 0.717) is 5.69 Å². The van der Waals surface area contributed by atoms with Gasteiger partial charge in [-0.05, 0) is 23.6 Å². The van der Waals surface area contributed by atoms with Crippen LogP contribution in [0.1, 0.15) is 16.1 Å². The maximum atomic E-state index is 12.2. The summed E-state index contributed by atoms with van der Waals surface area (Å²) in [5.74, 6) is -1.67. The van der Waals surface area contributed by atoms with Crippen LogP contribution in [0.2, 0.25) is 0 Å². The molecule has 0 bridgehead atoms. The fourth-order valence-corrected chi connectivity index (χ4v) is 2.45. The van der Waals surface area contributed by atoms with Crippen molar-refractivity contribution in [1.29, 1.82) is 0 Å². The number of aromatic carboxylic acids is 1. The lowest BCUT2D eigenvalue weighted by molar-refractivity contribution is -0.255. The van der Waals surface area contributed by atoms with E-state index in [0.717, 1.165) is 10.8 Å². The Hall–Kier alpha value is -3.21. The Morgan fingerprint density at radius 1 is 1.00 bits per heavy atom. The number of rotatable bonds is 4. The molecule has 0 spiro atoms. The highest BCUT2D eigenvalue weighted by molar-refractivity contribution is 6.03.